The summed E-state index contributed by atoms with van der Waals surface area (Å²) in [5, 5.41) is 14.2. The fourth-order valence-corrected chi connectivity index (χ4v) is 2.80. The zero-order valence-corrected chi connectivity index (χ0v) is 16.8. The van der Waals surface area contributed by atoms with E-state index >= 15 is 0 Å². The van der Waals surface area contributed by atoms with Crippen LogP contribution in [0.15, 0.2) is 0 Å². The summed E-state index contributed by atoms with van der Waals surface area (Å²) in [7, 11) is 2.82. The second kappa shape index (κ2) is 11.9. The topological polar surface area (TPSA) is 117 Å². The van der Waals surface area contributed by atoms with Gasteiger partial charge in [0.2, 0.25) is 11.8 Å². The minimum atomic E-state index is -1.13. The van der Waals surface area contributed by atoms with Gasteiger partial charge in [-0.3, -0.25) is 19.6 Å². The van der Waals surface area contributed by atoms with Crippen molar-refractivity contribution in [3.63, 3.8) is 0 Å². The second-order valence-electron chi connectivity index (χ2n) is 7.51. The summed E-state index contributed by atoms with van der Waals surface area (Å²) >= 11 is 0. The molecule has 26 heavy (non-hydrogen) atoms. The van der Waals surface area contributed by atoms with E-state index in [2.05, 4.69) is 17.6 Å². The average molecular weight is 373 g/mol. The van der Waals surface area contributed by atoms with E-state index in [-0.39, 0.29) is 5.91 Å². The van der Waals surface area contributed by atoms with Crippen molar-refractivity contribution in [1.29, 1.82) is 0 Å². The van der Waals surface area contributed by atoms with Crippen molar-refractivity contribution in [1.82, 2.24) is 16.1 Å². The van der Waals surface area contributed by atoms with Gasteiger partial charge in [0.05, 0.1) is 5.92 Å². The van der Waals surface area contributed by atoms with Crippen molar-refractivity contribution in [2.45, 2.75) is 71.9 Å². The van der Waals surface area contributed by atoms with Gasteiger partial charge in [-0.15, -0.1) is 0 Å². The smallest absolute Gasteiger partial charge is 0.273 e. The zero-order valence-electron chi connectivity index (χ0n) is 16.8. The van der Waals surface area contributed by atoms with Crippen LogP contribution in [0.3, 0.4) is 0 Å². The van der Waals surface area contributed by atoms with Crippen LogP contribution in [0.5, 0.6) is 0 Å². The number of hydrogen-bond donors (Lipinski definition) is 4. The van der Waals surface area contributed by atoms with Crippen LogP contribution in [0, 0.1) is 11.3 Å². The molecular formula is C18H35N3O5. The number of carbonyl (C=O) groups is 3. The van der Waals surface area contributed by atoms with Crippen molar-refractivity contribution in [3.05, 3.63) is 0 Å². The van der Waals surface area contributed by atoms with E-state index < -0.39 is 35.3 Å². The molecule has 8 heteroatoms. The number of nitrogens with one attached hydrogen (secondary N) is 3. The Morgan fingerprint density at radius 1 is 1.04 bits per heavy atom. The van der Waals surface area contributed by atoms with Gasteiger partial charge in [0.25, 0.3) is 5.91 Å². The molecule has 3 amide bonds. The molecule has 8 nitrogen and oxygen atoms in total. The van der Waals surface area contributed by atoms with Crippen LogP contribution in [-0.2, 0) is 19.1 Å². The Morgan fingerprint density at radius 3 is 2.08 bits per heavy atom. The first-order valence-corrected chi connectivity index (χ1v) is 9.12. The summed E-state index contributed by atoms with van der Waals surface area (Å²) in [5.74, 6) is -2.34. The fraction of sp³-hybridized carbons (Fsp3) is 0.833. The molecule has 0 fully saturated rings. The quantitative estimate of drug-likeness (QED) is 0.248. The van der Waals surface area contributed by atoms with Crippen LogP contribution in [-0.4, -0.2) is 49.2 Å². The fourth-order valence-electron chi connectivity index (χ4n) is 2.80. The number of likely N-dealkylation sites (N-methyl/N-ethyl adjacent to an activating group) is 1. The Hall–Kier alpha value is -1.67. The molecule has 0 aromatic rings. The average Bonchev–Trinajstić information content (AvgIpc) is 2.59. The minimum Gasteiger partial charge on any atom is -0.371 e. The molecule has 0 saturated heterocycles. The first-order chi connectivity index (χ1) is 12.1. The van der Waals surface area contributed by atoms with E-state index in [1.165, 1.54) is 14.2 Å². The molecule has 0 saturated carbocycles. The monoisotopic (exact) mass is 373 g/mol. The number of unbranched alkanes of at least 4 members (excludes halogenated alkanes) is 3. The van der Waals surface area contributed by atoms with Gasteiger partial charge in [0.15, 0.2) is 0 Å². The van der Waals surface area contributed by atoms with Gasteiger partial charge in [-0.25, -0.2) is 5.48 Å². The van der Waals surface area contributed by atoms with Gasteiger partial charge in [-0.05, 0) is 11.8 Å². The summed E-state index contributed by atoms with van der Waals surface area (Å²) in [6.07, 6.45) is 3.03. The Morgan fingerprint density at radius 2 is 1.65 bits per heavy atom. The van der Waals surface area contributed by atoms with E-state index in [1.54, 1.807) is 5.48 Å². The van der Waals surface area contributed by atoms with E-state index in [9.17, 15) is 14.4 Å². The van der Waals surface area contributed by atoms with Crippen molar-refractivity contribution in [3.8, 4) is 0 Å². The number of hydroxylamine groups is 1. The lowest BCUT2D eigenvalue weighted by Gasteiger charge is -2.32. The summed E-state index contributed by atoms with van der Waals surface area (Å²) in [6.45, 7) is 7.62. The maximum atomic E-state index is 12.9. The molecule has 152 valence electrons. The second-order valence-corrected chi connectivity index (χ2v) is 7.51. The Kier molecular flexibility index (Phi) is 11.1. The van der Waals surface area contributed by atoms with Crippen LogP contribution >= 0.6 is 0 Å². The third-order valence-electron chi connectivity index (χ3n) is 4.35. The molecule has 0 rings (SSSR count). The molecule has 0 spiro atoms. The van der Waals surface area contributed by atoms with Crippen LogP contribution < -0.4 is 16.1 Å². The Balaban J connectivity index is 5.39. The highest BCUT2D eigenvalue weighted by atomic mass is 16.5. The number of carbonyl (C=O) groups excluding carboxylic acids is 3. The van der Waals surface area contributed by atoms with Crippen LogP contribution in [0.4, 0.5) is 0 Å². The van der Waals surface area contributed by atoms with E-state index in [0.717, 1.165) is 25.7 Å². The predicted octanol–water partition coefficient (Wildman–Crippen LogP) is 1.37. The summed E-state index contributed by atoms with van der Waals surface area (Å²) in [4.78, 5) is 36.9. The van der Waals surface area contributed by atoms with Gasteiger partial charge < -0.3 is 15.4 Å². The molecule has 0 aliphatic heterocycles. The highest BCUT2D eigenvalue weighted by Crippen LogP contribution is 2.22. The van der Waals surface area contributed by atoms with Gasteiger partial charge in [0.1, 0.15) is 12.1 Å². The maximum absolute atomic E-state index is 12.9. The first-order valence-electron chi connectivity index (χ1n) is 9.12. The SMILES string of the molecule is CCCCCC[C@@H](C(=O)NC(C(=O)NC)C(C)(C)C)[C@H](OC)C(=O)NO. The summed E-state index contributed by atoms with van der Waals surface area (Å²) in [6, 6.07) is -0.757. The molecule has 1 unspecified atom stereocenters. The molecule has 0 aromatic carbocycles. The molecule has 0 aromatic heterocycles. The highest BCUT2D eigenvalue weighted by Gasteiger charge is 2.38. The third kappa shape index (κ3) is 7.70. The molecule has 4 N–H and O–H groups in total. The molecule has 0 radical (unpaired) electrons. The van der Waals surface area contributed by atoms with Crippen LogP contribution in [0.2, 0.25) is 0 Å². The van der Waals surface area contributed by atoms with E-state index in [0.29, 0.717) is 6.42 Å². The number of methoxy groups -OCH3 is 1. The summed E-state index contributed by atoms with van der Waals surface area (Å²) in [5.41, 5.74) is 1.04. The van der Waals surface area contributed by atoms with E-state index in [1.807, 2.05) is 20.8 Å². The maximum Gasteiger partial charge on any atom is 0.273 e. The van der Waals surface area contributed by atoms with Crippen LogP contribution in [0.1, 0.15) is 59.8 Å². The molecular weight excluding hydrogens is 338 g/mol. The highest BCUT2D eigenvalue weighted by molar-refractivity contribution is 5.92. The lowest BCUT2D eigenvalue weighted by molar-refractivity contribution is -0.149. The van der Waals surface area contributed by atoms with E-state index in [4.69, 9.17) is 9.94 Å². The third-order valence-corrected chi connectivity index (χ3v) is 4.35. The van der Waals surface area contributed by atoms with Crippen LogP contribution in [0.25, 0.3) is 0 Å². The van der Waals surface area contributed by atoms with Gasteiger partial charge in [0, 0.05) is 14.2 Å². The molecule has 0 aliphatic carbocycles. The first kappa shape index (κ1) is 24.3. The van der Waals surface area contributed by atoms with Crippen molar-refractivity contribution in [2.24, 2.45) is 11.3 Å². The number of rotatable bonds is 11. The number of amides is 3. The lowest BCUT2D eigenvalue weighted by Crippen LogP contribution is -2.56. The predicted molar refractivity (Wildman–Crippen MR) is 98.4 cm³/mol. The lowest BCUT2D eigenvalue weighted by atomic mass is 9.85. The molecule has 3 atom stereocenters. The molecule has 0 bridgehead atoms. The standard InChI is InChI=1S/C18H35N3O5/c1-7-8-9-10-11-12(13(26-6)16(23)21-25)15(22)20-14(17(24)19-5)18(2,3)4/h12-14,25H,7-11H2,1-6H3,(H,19,24)(H,20,22)(H,21,23)/t12-,13+,14?/m1/s1. The Bertz CT molecular complexity index is 462. The minimum absolute atomic E-state index is 0.309. The zero-order chi connectivity index (χ0) is 20.3. The van der Waals surface area contributed by atoms with Crippen molar-refractivity contribution in [2.75, 3.05) is 14.2 Å². The van der Waals surface area contributed by atoms with Crippen molar-refractivity contribution < 1.29 is 24.3 Å². The summed E-state index contributed by atoms with van der Waals surface area (Å²) < 4.78 is 5.16. The van der Waals surface area contributed by atoms with Crippen molar-refractivity contribution >= 4 is 17.7 Å². The number of hydrogen-bond acceptors (Lipinski definition) is 5. The molecule has 0 aliphatic rings. The number of ether oxygens (including phenoxy) is 1. The molecule has 0 heterocycles. The largest absolute Gasteiger partial charge is 0.371 e. The van der Waals surface area contributed by atoms with Gasteiger partial charge in [-0.1, -0.05) is 53.4 Å². The van der Waals surface area contributed by atoms with Gasteiger partial charge in [-0.2, -0.15) is 0 Å². The van der Waals surface area contributed by atoms with Gasteiger partial charge >= 0.3 is 0 Å². The normalized spacial score (nSPS) is 14.9. The Labute approximate surface area is 156 Å².